The second kappa shape index (κ2) is 9.58. The number of amides is 2. The number of fused-ring (bicyclic) bond motifs is 1. The zero-order valence-corrected chi connectivity index (χ0v) is 19.2. The first-order valence-corrected chi connectivity index (χ1v) is 11.9. The summed E-state index contributed by atoms with van der Waals surface area (Å²) >= 11 is 1.44. The molecule has 1 aliphatic heterocycles. The Hall–Kier alpha value is -3.82. The molecular formula is C25H23N5O3S. The average molecular weight is 474 g/mol. The lowest BCUT2D eigenvalue weighted by molar-refractivity contribution is 0.0627. The minimum Gasteiger partial charge on any atom is -0.336 e. The normalized spacial score (nSPS) is 14.3. The fourth-order valence-corrected chi connectivity index (χ4v) is 4.72. The number of benzene rings is 2. The molecule has 0 spiro atoms. The molecule has 0 radical (unpaired) electrons. The fourth-order valence-electron chi connectivity index (χ4n) is 3.98. The van der Waals surface area contributed by atoms with Crippen LogP contribution in [0.4, 0.5) is 5.69 Å². The molecule has 5 rings (SSSR count). The Kier molecular flexibility index (Phi) is 6.20. The molecule has 1 N–H and O–H groups in total. The van der Waals surface area contributed by atoms with Crippen LogP contribution in [0.5, 0.6) is 0 Å². The number of hydrogen-bond acceptors (Lipinski definition) is 6. The third kappa shape index (κ3) is 4.75. The summed E-state index contributed by atoms with van der Waals surface area (Å²) in [5.41, 5.74) is 2.49. The molecule has 0 aliphatic carbocycles. The molecule has 8 nitrogen and oxygen atoms in total. The van der Waals surface area contributed by atoms with Crippen LogP contribution in [-0.4, -0.2) is 57.2 Å². The number of thiazole rings is 1. The molecule has 1 fully saturated rings. The Morgan fingerprint density at radius 1 is 0.941 bits per heavy atom. The number of carbonyl (C=O) groups is 2. The van der Waals surface area contributed by atoms with Crippen LogP contribution in [0.3, 0.4) is 0 Å². The molecule has 0 bridgehead atoms. The van der Waals surface area contributed by atoms with Crippen molar-refractivity contribution in [2.45, 2.75) is 6.54 Å². The van der Waals surface area contributed by atoms with Gasteiger partial charge in [0, 0.05) is 67.2 Å². The maximum Gasteiger partial charge on any atom is 0.258 e. The maximum absolute atomic E-state index is 12.9. The molecule has 34 heavy (non-hydrogen) atoms. The second-order valence-electron chi connectivity index (χ2n) is 8.11. The molecule has 0 atom stereocenters. The van der Waals surface area contributed by atoms with Crippen molar-refractivity contribution < 1.29 is 9.59 Å². The van der Waals surface area contributed by atoms with Gasteiger partial charge >= 0.3 is 0 Å². The molecular weight excluding hydrogens is 450 g/mol. The summed E-state index contributed by atoms with van der Waals surface area (Å²) in [6, 6.07) is 17.5. The zero-order valence-electron chi connectivity index (χ0n) is 18.4. The smallest absolute Gasteiger partial charge is 0.258 e. The highest BCUT2D eigenvalue weighted by Crippen LogP contribution is 2.15. The highest BCUT2D eigenvalue weighted by Gasteiger charge is 2.23. The summed E-state index contributed by atoms with van der Waals surface area (Å²) in [4.78, 5) is 46.7. The number of anilines is 1. The van der Waals surface area contributed by atoms with Crippen LogP contribution in [0.15, 0.2) is 77.0 Å². The van der Waals surface area contributed by atoms with Gasteiger partial charge in [0.25, 0.3) is 17.4 Å². The molecule has 9 heteroatoms. The van der Waals surface area contributed by atoms with Crippen LogP contribution in [0.25, 0.3) is 4.96 Å². The number of hydrogen-bond donors (Lipinski definition) is 1. The Morgan fingerprint density at radius 2 is 1.68 bits per heavy atom. The van der Waals surface area contributed by atoms with E-state index in [1.807, 2.05) is 28.5 Å². The number of piperazine rings is 1. The predicted octanol–water partition coefficient (Wildman–Crippen LogP) is 2.97. The van der Waals surface area contributed by atoms with Gasteiger partial charge in [-0.1, -0.05) is 18.2 Å². The quantitative estimate of drug-likeness (QED) is 0.482. The maximum atomic E-state index is 12.9. The van der Waals surface area contributed by atoms with Gasteiger partial charge in [-0.15, -0.1) is 11.3 Å². The first kappa shape index (κ1) is 22.0. The van der Waals surface area contributed by atoms with E-state index in [4.69, 9.17) is 0 Å². The second-order valence-corrected chi connectivity index (χ2v) is 8.98. The molecule has 3 heterocycles. The zero-order chi connectivity index (χ0) is 23.5. The predicted molar refractivity (Wildman–Crippen MR) is 131 cm³/mol. The first-order valence-electron chi connectivity index (χ1n) is 11.0. The molecule has 2 amide bonds. The van der Waals surface area contributed by atoms with Crippen LogP contribution in [0.1, 0.15) is 26.4 Å². The van der Waals surface area contributed by atoms with Crippen LogP contribution >= 0.6 is 11.3 Å². The SMILES string of the molecule is O=C(Nc1ccc(C(=O)N2CCN(Cc3cc(=O)n4ccsc4n3)CC2)cc1)c1ccccc1. The van der Waals surface area contributed by atoms with E-state index >= 15 is 0 Å². The highest BCUT2D eigenvalue weighted by atomic mass is 32.1. The molecule has 172 valence electrons. The lowest BCUT2D eigenvalue weighted by atomic mass is 10.1. The Morgan fingerprint density at radius 3 is 2.41 bits per heavy atom. The fraction of sp³-hybridized carbons (Fsp3) is 0.200. The highest BCUT2D eigenvalue weighted by molar-refractivity contribution is 7.15. The third-order valence-electron chi connectivity index (χ3n) is 5.83. The molecule has 1 aliphatic rings. The molecule has 2 aromatic carbocycles. The summed E-state index contributed by atoms with van der Waals surface area (Å²) in [5, 5.41) is 4.70. The molecule has 0 unspecified atom stereocenters. The van der Waals surface area contributed by atoms with Crippen molar-refractivity contribution in [2.24, 2.45) is 0 Å². The lowest BCUT2D eigenvalue weighted by Gasteiger charge is -2.34. The van der Waals surface area contributed by atoms with E-state index in [1.54, 1.807) is 53.1 Å². The Balaban J connectivity index is 1.16. The molecule has 4 aromatic rings. The van der Waals surface area contributed by atoms with E-state index in [1.165, 1.54) is 11.3 Å². The average Bonchev–Trinajstić information content (AvgIpc) is 3.34. The van der Waals surface area contributed by atoms with Crippen molar-refractivity contribution in [3.05, 3.63) is 99.4 Å². The number of carbonyl (C=O) groups excluding carboxylic acids is 2. The van der Waals surface area contributed by atoms with Crippen LogP contribution < -0.4 is 10.9 Å². The Labute approximate surface area is 200 Å². The van der Waals surface area contributed by atoms with Gasteiger partial charge < -0.3 is 10.2 Å². The van der Waals surface area contributed by atoms with Gasteiger partial charge in [-0.05, 0) is 36.4 Å². The van der Waals surface area contributed by atoms with E-state index < -0.39 is 0 Å². The van der Waals surface area contributed by atoms with Gasteiger partial charge in [0.05, 0.1) is 5.69 Å². The Bertz CT molecular complexity index is 1370. The minimum atomic E-state index is -0.189. The van der Waals surface area contributed by atoms with Gasteiger partial charge in [-0.25, -0.2) is 4.98 Å². The van der Waals surface area contributed by atoms with Gasteiger partial charge in [-0.2, -0.15) is 0 Å². The number of aromatic nitrogens is 2. The van der Waals surface area contributed by atoms with E-state index in [2.05, 4.69) is 15.2 Å². The number of rotatable bonds is 5. The van der Waals surface area contributed by atoms with Crippen molar-refractivity contribution in [3.63, 3.8) is 0 Å². The summed E-state index contributed by atoms with van der Waals surface area (Å²) in [7, 11) is 0. The monoisotopic (exact) mass is 473 g/mol. The van der Waals surface area contributed by atoms with Crippen molar-refractivity contribution in [1.82, 2.24) is 19.2 Å². The molecule has 2 aromatic heterocycles. The van der Waals surface area contributed by atoms with Crippen molar-refractivity contribution >= 4 is 33.8 Å². The first-order chi connectivity index (χ1) is 16.6. The summed E-state index contributed by atoms with van der Waals surface area (Å²) in [6.45, 7) is 3.21. The van der Waals surface area contributed by atoms with Gasteiger partial charge in [0.1, 0.15) is 0 Å². The van der Waals surface area contributed by atoms with Crippen molar-refractivity contribution in [3.8, 4) is 0 Å². The van der Waals surface area contributed by atoms with Crippen LogP contribution in [0.2, 0.25) is 0 Å². The van der Waals surface area contributed by atoms with Gasteiger partial charge in [0.2, 0.25) is 0 Å². The third-order valence-corrected chi connectivity index (χ3v) is 6.58. The minimum absolute atomic E-state index is 0.0306. The summed E-state index contributed by atoms with van der Waals surface area (Å²) < 4.78 is 1.54. The molecule has 0 saturated carbocycles. The van der Waals surface area contributed by atoms with Crippen molar-refractivity contribution in [2.75, 3.05) is 31.5 Å². The van der Waals surface area contributed by atoms with Crippen LogP contribution in [0, 0.1) is 0 Å². The van der Waals surface area contributed by atoms with E-state index in [0.29, 0.717) is 54.5 Å². The summed E-state index contributed by atoms with van der Waals surface area (Å²) in [5.74, 6) is -0.219. The number of nitrogens with one attached hydrogen (secondary N) is 1. The standard InChI is InChI=1S/C25H23N5O3S/c31-22-16-21(27-25-30(22)14-15-34-25)17-28-10-12-29(13-11-28)24(33)19-6-8-20(9-7-19)26-23(32)18-4-2-1-3-5-18/h1-9,14-16H,10-13,17H2,(H,26,32). The van der Waals surface area contributed by atoms with Crippen molar-refractivity contribution in [1.29, 1.82) is 0 Å². The number of nitrogens with zero attached hydrogens (tertiary/aromatic N) is 4. The van der Waals surface area contributed by atoms with E-state index in [-0.39, 0.29) is 17.4 Å². The lowest BCUT2D eigenvalue weighted by Crippen LogP contribution is -2.48. The topological polar surface area (TPSA) is 87.0 Å². The molecule has 1 saturated heterocycles. The van der Waals surface area contributed by atoms with Gasteiger partial charge in [0.15, 0.2) is 4.96 Å². The van der Waals surface area contributed by atoms with Crippen LogP contribution in [-0.2, 0) is 6.54 Å². The van der Waals surface area contributed by atoms with E-state index in [0.717, 1.165) is 5.69 Å². The summed E-state index contributed by atoms with van der Waals surface area (Å²) in [6.07, 6.45) is 1.73. The largest absolute Gasteiger partial charge is 0.336 e. The van der Waals surface area contributed by atoms with Gasteiger partial charge in [-0.3, -0.25) is 23.7 Å². The van der Waals surface area contributed by atoms with E-state index in [9.17, 15) is 14.4 Å².